The Kier molecular flexibility index (Phi) is 10.4. The molecule has 0 heterocycles. The molecule has 0 unspecified atom stereocenters. The van der Waals surface area contributed by atoms with Crippen molar-refractivity contribution in [2.24, 2.45) is 5.41 Å². The van der Waals surface area contributed by atoms with Crippen molar-refractivity contribution in [2.75, 3.05) is 0 Å². The number of alkyl halides is 3. The molecule has 0 spiro atoms. The Morgan fingerprint density at radius 2 is 0.900 bits per heavy atom. The largest absolute Gasteiger partial charge is 0.389 e. The number of hydrogen-bond donors (Lipinski definition) is 0. The smallest absolute Gasteiger partial charge is 0.171 e. The Hall–Kier alpha value is -0.210. The van der Waals surface area contributed by atoms with Crippen LogP contribution in [0.4, 0.5) is 13.2 Å². The first-order valence-electron chi connectivity index (χ1n) is 8.46. The minimum Gasteiger partial charge on any atom is -0.171 e. The fourth-order valence-electron chi connectivity index (χ4n) is 2.99. The van der Waals surface area contributed by atoms with E-state index in [9.17, 15) is 13.2 Å². The van der Waals surface area contributed by atoms with Crippen LogP contribution in [0.3, 0.4) is 0 Å². The first-order chi connectivity index (χ1) is 9.39. The van der Waals surface area contributed by atoms with E-state index in [-0.39, 0.29) is 0 Å². The predicted molar refractivity (Wildman–Crippen MR) is 80.9 cm³/mol. The van der Waals surface area contributed by atoms with Gasteiger partial charge in [-0.15, -0.1) is 0 Å². The van der Waals surface area contributed by atoms with Gasteiger partial charge in [0.2, 0.25) is 0 Å². The van der Waals surface area contributed by atoms with Gasteiger partial charge in [-0.2, -0.15) is 13.2 Å². The maximum Gasteiger partial charge on any atom is 0.389 e. The lowest BCUT2D eigenvalue weighted by molar-refractivity contribution is -0.135. The van der Waals surface area contributed by atoms with Crippen molar-refractivity contribution < 1.29 is 13.2 Å². The molecule has 0 fully saturated rings. The summed E-state index contributed by atoms with van der Waals surface area (Å²) in [5, 5.41) is 0. The zero-order valence-corrected chi connectivity index (χ0v) is 13.6. The van der Waals surface area contributed by atoms with Gasteiger partial charge in [-0.3, -0.25) is 0 Å². The predicted octanol–water partition coefficient (Wildman–Crippen LogP) is 7.28. The van der Waals surface area contributed by atoms with E-state index in [0.717, 1.165) is 19.3 Å². The molecule has 0 saturated carbocycles. The highest BCUT2D eigenvalue weighted by Crippen LogP contribution is 2.36. The lowest BCUT2D eigenvalue weighted by Crippen LogP contribution is -2.17. The van der Waals surface area contributed by atoms with E-state index in [1.807, 2.05) is 0 Å². The van der Waals surface area contributed by atoms with E-state index in [2.05, 4.69) is 20.8 Å². The molecule has 122 valence electrons. The van der Waals surface area contributed by atoms with Crippen LogP contribution in [-0.2, 0) is 0 Å². The van der Waals surface area contributed by atoms with Crippen LogP contribution in [0, 0.1) is 5.41 Å². The van der Waals surface area contributed by atoms with Crippen molar-refractivity contribution in [3.63, 3.8) is 0 Å². The molecule has 0 N–H and O–H groups in total. The Labute approximate surface area is 123 Å². The van der Waals surface area contributed by atoms with Crippen molar-refractivity contribution in [2.45, 2.75) is 104 Å². The Balaban J connectivity index is 3.45. The second-order valence-electron chi connectivity index (χ2n) is 6.15. The third kappa shape index (κ3) is 9.66. The minimum atomic E-state index is -3.97. The summed E-state index contributed by atoms with van der Waals surface area (Å²) in [6.45, 7) is 6.86. The molecule has 0 aromatic carbocycles. The molecule has 20 heavy (non-hydrogen) atoms. The van der Waals surface area contributed by atoms with E-state index < -0.39 is 12.6 Å². The van der Waals surface area contributed by atoms with Gasteiger partial charge in [-0.05, 0) is 18.3 Å². The minimum absolute atomic E-state index is 0.300. The molecule has 0 aliphatic heterocycles. The normalized spacial score (nSPS) is 12.9. The average molecular weight is 294 g/mol. The molecule has 0 aliphatic carbocycles. The molecule has 0 aromatic rings. The van der Waals surface area contributed by atoms with E-state index in [4.69, 9.17) is 0 Å². The summed E-state index contributed by atoms with van der Waals surface area (Å²) in [5.74, 6) is 0. The summed E-state index contributed by atoms with van der Waals surface area (Å²) >= 11 is 0. The molecule has 0 bridgehead atoms. The van der Waals surface area contributed by atoms with Crippen LogP contribution < -0.4 is 0 Å². The number of rotatable bonds is 12. The van der Waals surface area contributed by atoms with Gasteiger partial charge >= 0.3 is 6.18 Å². The van der Waals surface area contributed by atoms with E-state index in [1.54, 1.807) is 0 Å². The highest BCUT2D eigenvalue weighted by molar-refractivity contribution is 4.74. The molecule has 0 radical (unpaired) electrons. The van der Waals surface area contributed by atoms with Crippen molar-refractivity contribution >= 4 is 0 Å². The van der Waals surface area contributed by atoms with Gasteiger partial charge in [0.15, 0.2) is 0 Å². The molecule has 0 aliphatic rings. The Morgan fingerprint density at radius 3 is 1.25 bits per heavy atom. The third-order valence-electron chi connectivity index (χ3n) is 4.92. The zero-order valence-electron chi connectivity index (χ0n) is 13.6. The van der Waals surface area contributed by atoms with Gasteiger partial charge < -0.3 is 0 Å². The second kappa shape index (κ2) is 10.5. The van der Waals surface area contributed by atoms with Gasteiger partial charge in [0, 0.05) is 6.42 Å². The van der Waals surface area contributed by atoms with Crippen LogP contribution in [0.5, 0.6) is 0 Å². The van der Waals surface area contributed by atoms with Crippen LogP contribution in [0.1, 0.15) is 97.8 Å². The number of hydrogen-bond acceptors (Lipinski definition) is 0. The molecule has 0 atom stereocenters. The van der Waals surface area contributed by atoms with E-state index in [1.165, 1.54) is 44.9 Å². The number of halogens is 3. The fourth-order valence-corrected chi connectivity index (χ4v) is 2.99. The standard InChI is InChI=1S/C17H33F3/c1-4-16(5-2,6-3)14-12-10-8-7-9-11-13-15-17(18,19)20/h4-15H2,1-3H3. The third-order valence-corrected chi connectivity index (χ3v) is 4.92. The molecule has 0 saturated heterocycles. The zero-order chi connectivity index (χ0) is 15.5. The maximum absolute atomic E-state index is 11.9. The van der Waals surface area contributed by atoms with Crippen LogP contribution in [-0.4, -0.2) is 6.18 Å². The summed E-state index contributed by atoms with van der Waals surface area (Å²) in [6, 6.07) is 0. The van der Waals surface area contributed by atoms with E-state index >= 15 is 0 Å². The highest BCUT2D eigenvalue weighted by Gasteiger charge is 2.25. The Morgan fingerprint density at radius 1 is 0.550 bits per heavy atom. The first-order valence-corrected chi connectivity index (χ1v) is 8.46. The van der Waals surface area contributed by atoms with Gasteiger partial charge in [0.25, 0.3) is 0 Å². The topological polar surface area (TPSA) is 0 Å². The molecule has 0 amide bonds. The maximum atomic E-state index is 11.9. The summed E-state index contributed by atoms with van der Waals surface area (Å²) < 4.78 is 35.8. The van der Waals surface area contributed by atoms with Crippen molar-refractivity contribution in [1.82, 2.24) is 0 Å². The highest BCUT2D eigenvalue weighted by atomic mass is 19.4. The Bertz CT molecular complexity index is 209. The summed E-state index contributed by atoms with van der Waals surface area (Å²) in [4.78, 5) is 0. The molecular formula is C17H33F3. The van der Waals surface area contributed by atoms with Gasteiger partial charge in [0.1, 0.15) is 0 Å². The fraction of sp³-hybridized carbons (Fsp3) is 1.00. The lowest BCUT2D eigenvalue weighted by Gasteiger charge is -2.30. The number of unbranched alkanes of at least 4 members (excludes halogenated alkanes) is 6. The monoisotopic (exact) mass is 294 g/mol. The van der Waals surface area contributed by atoms with Gasteiger partial charge in [-0.25, -0.2) is 0 Å². The SMILES string of the molecule is CCC(CC)(CC)CCCCCCCCCC(F)(F)F. The summed E-state index contributed by atoms with van der Waals surface area (Å²) in [7, 11) is 0. The van der Waals surface area contributed by atoms with Crippen molar-refractivity contribution in [3.05, 3.63) is 0 Å². The van der Waals surface area contributed by atoms with Gasteiger partial charge in [-0.1, -0.05) is 78.6 Å². The van der Waals surface area contributed by atoms with Crippen molar-refractivity contribution in [3.8, 4) is 0 Å². The average Bonchev–Trinajstić information content (AvgIpc) is 2.41. The second-order valence-corrected chi connectivity index (χ2v) is 6.15. The molecule has 0 nitrogen and oxygen atoms in total. The molecule has 0 aromatic heterocycles. The first kappa shape index (κ1) is 19.8. The van der Waals surface area contributed by atoms with Crippen LogP contribution >= 0.6 is 0 Å². The van der Waals surface area contributed by atoms with Crippen LogP contribution in [0.15, 0.2) is 0 Å². The molecule has 3 heteroatoms. The summed E-state index contributed by atoms with van der Waals surface area (Å²) in [6.07, 6.45) is 7.28. The molecule has 0 rings (SSSR count). The quantitative estimate of drug-likeness (QED) is 0.332. The van der Waals surface area contributed by atoms with Crippen molar-refractivity contribution in [1.29, 1.82) is 0 Å². The van der Waals surface area contributed by atoms with Crippen LogP contribution in [0.25, 0.3) is 0 Å². The van der Waals surface area contributed by atoms with E-state index in [0.29, 0.717) is 11.8 Å². The lowest BCUT2D eigenvalue weighted by atomic mass is 9.75. The molecular weight excluding hydrogens is 261 g/mol. The van der Waals surface area contributed by atoms with Crippen LogP contribution in [0.2, 0.25) is 0 Å². The van der Waals surface area contributed by atoms with Gasteiger partial charge in [0.05, 0.1) is 0 Å². The summed E-state index contributed by atoms with van der Waals surface area (Å²) in [5.41, 5.74) is 0.534.